The van der Waals surface area contributed by atoms with Gasteiger partial charge in [-0.3, -0.25) is 4.98 Å². The summed E-state index contributed by atoms with van der Waals surface area (Å²) in [5.74, 6) is 0.605. The number of aromatic nitrogens is 1. The van der Waals surface area contributed by atoms with E-state index in [2.05, 4.69) is 48.4 Å². The van der Waals surface area contributed by atoms with Crippen LogP contribution in [0.4, 0.5) is 0 Å². The summed E-state index contributed by atoms with van der Waals surface area (Å²) in [6, 6.07) is 10.4. The molecule has 0 atom stereocenters. The number of hydrogen-bond acceptors (Lipinski definition) is 3. The maximum absolute atomic E-state index is 5.53. The van der Waals surface area contributed by atoms with Gasteiger partial charge in [-0.25, -0.2) is 0 Å². The van der Waals surface area contributed by atoms with Crippen molar-refractivity contribution in [3.63, 3.8) is 0 Å². The predicted octanol–water partition coefficient (Wildman–Crippen LogP) is 3.00. The van der Waals surface area contributed by atoms with Gasteiger partial charge in [0.15, 0.2) is 0 Å². The van der Waals surface area contributed by atoms with Crippen LogP contribution >= 0.6 is 0 Å². The number of nitrogens with zero attached hydrogens (tertiary/aromatic N) is 1. The van der Waals surface area contributed by atoms with Crippen molar-refractivity contribution in [2.24, 2.45) is 5.92 Å². The first-order valence-electron chi connectivity index (χ1n) is 6.88. The monoisotopic (exact) mass is 258 g/mol. The lowest BCUT2D eigenvalue weighted by molar-refractivity contribution is 0.111. The van der Waals surface area contributed by atoms with Gasteiger partial charge < -0.3 is 10.1 Å². The zero-order valence-corrected chi connectivity index (χ0v) is 11.7. The molecular formula is C16H22N2O. The number of benzene rings is 1. The molecule has 102 valence electrons. The molecular weight excluding hydrogens is 236 g/mol. The van der Waals surface area contributed by atoms with Crippen molar-refractivity contribution >= 4 is 10.9 Å². The second-order valence-electron chi connectivity index (χ2n) is 5.18. The molecule has 0 aliphatic rings. The first-order chi connectivity index (χ1) is 9.25. The molecule has 2 rings (SSSR count). The highest BCUT2D eigenvalue weighted by Gasteiger charge is 1.97. The van der Waals surface area contributed by atoms with E-state index in [-0.39, 0.29) is 0 Å². The van der Waals surface area contributed by atoms with Crippen molar-refractivity contribution in [3.05, 3.63) is 42.1 Å². The van der Waals surface area contributed by atoms with Crippen LogP contribution < -0.4 is 5.32 Å². The average Bonchev–Trinajstić information content (AvgIpc) is 2.42. The lowest BCUT2D eigenvalue weighted by Crippen LogP contribution is -2.20. The summed E-state index contributed by atoms with van der Waals surface area (Å²) in [5.41, 5.74) is 2.33. The van der Waals surface area contributed by atoms with E-state index < -0.39 is 0 Å². The largest absolute Gasteiger partial charge is 0.380 e. The smallest absolute Gasteiger partial charge is 0.0702 e. The van der Waals surface area contributed by atoms with Crippen molar-refractivity contribution in [2.75, 3.05) is 19.8 Å². The van der Waals surface area contributed by atoms with Gasteiger partial charge in [0.1, 0.15) is 0 Å². The van der Waals surface area contributed by atoms with Crippen LogP contribution in [0.5, 0.6) is 0 Å². The van der Waals surface area contributed by atoms with Crippen LogP contribution in [-0.4, -0.2) is 24.7 Å². The second kappa shape index (κ2) is 7.22. The van der Waals surface area contributed by atoms with Crippen molar-refractivity contribution in [1.82, 2.24) is 10.3 Å². The summed E-state index contributed by atoms with van der Waals surface area (Å²) in [7, 11) is 0. The molecule has 3 heteroatoms. The molecule has 1 N–H and O–H groups in total. The molecule has 0 saturated carbocycles. The average molecular weight is 258 g/mol. The molecule has 2 aromatic rings. The predicted molar refractivity (Wildman–Crippen MR) is 79.1 cm³/mol. The molecule has 0 bridgehead atoms. The summed E-state index contributed by atoms with van der Waals surface area (Å²) in [5, 5.41) is 4.59. The molecule has 0 amide bonds. The van der Waals surface area contributed by atoms with Gasteiger partial charge in [0, 0.05) is 31.3 Å². The lowest BCUT2D eigenvalue weighted by atomic mass is 10.1. The van der Waals surface area contributed by atoms with Gasteiger partial charge in [-0.2, -0.15) is 0 Å². The minimum atomic E-state index is 0.605. The third kappa shape index (κ3) is 4.62. The summed E-state index contributed by atoms with van der Waals surface area (Å²) < 4.78 is 5.53. The number of pyridine rings is 1. The molecule has 1 aromatic carbocycles. The molecule has 0 fully saturated rings. The summed E-state index contributed by atoms with van der Waals surface area (Å²) >= 11 is 0. The normalized spacial score (nSPS) is 11.3. The van der Waals surface area contributed by atoms with E-state index in [0.717, 1.165) is 31.8 Å². The molecule has 0 saturated heterocycles. The number of rotatable bonds is 7. The van der Waals surface area contributed by atoms with E-state index in [9.17, 15) is 0 Å². The summed E-state index contributed by atoms with van der Waals surface area (Å²) in [6.07, 6.45) is 1.83. The van der Waals surface area contributed by atoms with Crippen LogP contribution in [-0.2, 0) is 11.3 Å². The SMILES string of the molecule is CC(C)COCCNCc1ccc2ncccc2c1. The third-order valence-electron chi connectivity index (χ3n) is 2.87. The molecule has 3 nitrogen and oxygen atoms in total. The Bertz CT molecular complexity index is 511. The Balaban J connectivity index is 1.75. The maximum atomic E-state index is 5.53. The minimum absolute atomic E-state index is 0.605. The quantitative estimate of drug-likeness (QED) is 0.775. The number of nitrogens with one attached hydrogen (secondary N) is 1. The highest BCUT2D eigenvalue weighted by atomic mass is 16.5. The maximum Gasteiger partial charge on any atom is 0.0702 e. The minimum Gasteiger partial charge on any atom is -0.380 e. The summed E-state index contributed by atoms with van der Waals surface area (Å²) in [4.78, 5) is 4.32. The molecule has 1 heterocycles. The van der Waals surface area contributed by atoms with Crippen molar-refractivity contribution < 1.29 is 4.74 Å². The zero-order chi connectivity index (χ0) is 13.5. The molecule has 1 aromatic heterocycles. The van der Waals surface area contributed by atoms with E-state index in [1.165, 1.54) is 10.9 Å². The third-order valence-corrected chi connectivity index (χ3v) is 2.87. The molecule has 0 unspecified atom stereocenters. The van der Waals surface area contributed by atoms with Gasteiger partial charge in [-0.15, -0.1) is 0 Å². The summed E-state index contributed by atoms with van der Waals surface area (Å²) in [6.45, 7) is 7.69. The van der Waals surface area contributed by atoms with Crippen LogP contribution in [0.15, 0.2) is 36.5 Å². The first kappa shape index (κ1) is 14.0. The van der Waals surface area contributed by atoms with E-state index >= 15 is 0 Å². The molecule has 19 heavy (non-hydrogen) atoms. The van der Waals surface area contributed by atoms with Crippen LogP contribution in [0, 0.1) is 5.92 Å². The van der Waals surface area contributed by atoms with Gasteiger partial charge in [0.2, 0.25) is 0 Å². The Morgan fingerprint density at radius 2 is 2.16 bits per heavy atom. The Morgan fingerprint density at radius 3 is 3.00 bits per heavy atom. The van der Waals surface area contributed by atoms with E-state index in [1.54, 1.807) is 0 Å². The Kier molecular flexibility index (Phi) is 5.31. The Hall–Kier alpha value is -1.45. The van der Waals surface area contributed by atoms with Crippen LogP contribution in [0.3, 0.4) is 0 Å². The van der Waals surface area contributed by atoms with Crippen LogP contribution in [0.25, 0.3) is 10.9 Å². The topological polar surface area (TPSA) is 34.1 Å². The van der Waals surface area contributed by atoms with Crippen molar-refractivity contribution in [1.29, 1.82) is 0 Å². The first-order valence-corrected chi connectivity index (χ1v) is 6.88. The fourth-order valence-electron chi connectivity index (χ4n) is 1.93. The fraction of sp³-hybridized carbons (Fsp3) is 0.438. The molecule has 0 aliphatic carbocycles. The number of fused-ring (bicyclic) bond motifs is 1. The van der Waals surface area contributed by atoms with Crippen LogP contribution in [0.2, 0.25) is 0 Å². The van der Waals surface area contributed by atoms with Crippen molar-refractivity contribution in [2.45, 2.75) is 20.4 Å². The van der Waals surface area contributed by atoms with E-state index in [0.29, 0.717) is 5.92 Å². The highest BCUT2D eigenvalue weighted by molar-refractivity contribution is 5.78. The van der Waals surface area contributed by atoms with Gasteiger partial charge in [0.05, 0.1) is 12.1 Å². The standard InChI is InChI=1S/C16H22N2O/c1-13(2)12-19-9-8-17-11-14-5-6-16-15(10-14)4-3-7-18-16/h3-7,10,13,17H,8-9,11-12H2,1-2H3. The molecule has 0 spiro atoms. The Morgan fingerprint density at radius 1 is 1.26 bits per heavy atom. The zero-order valence-electron chi connectivity index (χ0n) is 11.7. The number of hydrogen-bond donors (Lipinski definition) is 1. The molecule has 0 radical (unpaired) electrons. The van der Waals surface area contributed by atoms with Gasteiger partial charge in [-0.05, 0) is 29.7 Å². The highest BCUT2D eigenvalue weighted by Crippen LogP contribution is 2.12. The number of ether oxygens (including phenoxy) is 1. The van der Waals surface area contributed by atoms with E-state index in [4.69, 9.17) is 4.74 Å². The van der Waals surface area contributed by atoms with Crippen LogP contribution in [0.1, 0.15) is 19.4 Å². The van der Waals surface area contributed by atoms with Gasteiger partial charge in [0.25, 0.3) is 0 Å². The van der Waals surface area contributed by atoms with Gasteiger partial charge in [-0.1, -0.05) is 26.0 Å². The Labute approximate surface area is 115 Å². The van der Waals surface area contributed by atoms with Gasteiger partial charge >= 0.3 is 0 Å². The van der Waals surface area contributed by atoms with Crippen molar-refractivity contribution in [3.8, 4) is 0 Å². The van der Waals surface area contributed by atoms with E-state index in [1.807, 2.05) is 12.3 Å². The lowest BCUT2D eigenvalue weighted by Gasteiger charge is -2.08. The second-order valence-corrected chi connectivity index (χ2v) is 5.18. The molecule has 0 aliphatic heterocycles. The fourth-order valence-corrected chi connectivity index (χ4v) is 1.93.